The molecule has 5 heteroatoms. The van der Waals surface area contributed by atoms with E-state index in [0.717, 1.165) is 32.1 Å². The van der Waals surface area contributed by atoms with Crippen LogP contribution < -0.4 is 0 Å². The van der Waals surface area contributed by atoms with Gasteiger partial charge in [0, 0.05) is 19.4 Å². The normalized spacial score (nSPS) is 20.9. The van der Waals surface area contributed by atoms with Gasteiger partial charge in [0.1, 0.15) is 5.78 Å². The molecule has 0 unspecified atom stereocenters. The summed E-state index contributed by atoms with van der Waals surface area (Å²) in [5.41, 5.74) is 0. The highest BCUT2D eigenvalue weighted by Gasteiger charge is 2.33. The first-order valence-corrected chi connectivity index (χ1v) is 9.12. The van der Waals surface area contributed by atoms with E-state index in [9.17, 15) is 19.8 Å². The lowest BCUT2D eigenvalue weighted by atomic mass is 10.1. The van der Waals surface area contributed by atoms with Gasteiger partial charge >= 0.3 is 0 Å². The third kappa shape index (κ3) is 8.47. The molecule has 0 aliphatic carbocycles. The molecule has 2 atom stereocenters. The van der Waals surface area contributed by atoms with Gasteiger partial charge in [-0.25, -0.2) is 0 Å². The molecule has 23 heavy (non-hydrogen) atoms. The van der Waals surface area contributed by atoms with Gasteiger partial charge in [0.25, 0.3) is 0 Å². The zero-order chi connectivity index (χ0) is 17.1. The first-order valence-electron chi connectivity index (χ1n) is 9.12. The standard InChI is InChI=1S/C18H33NO4/c1-15(21)10-8-6-4-2-3-5-7-9-11-18(23)19-13-17(22)12-16(19)14-20/h16-17,20,22H,2-14H2,1H3/t16-,17+/m0/s1. The minimum absolute atomic E-state index is 0.0600. The highest BCUT2D eigenvalue weighted by molar-refractivity contribution is 5.77. The number of aliphatic hydroxyl groups excluding tert-OH is 2. The lowest BCUT2D eigenvalue weighted by Crippen LogP contribution is -2.37. The van der Waals surface area contributed by atoms with E-state index >= 15 is 0 Å². The molecule has 1 saturated heterocycles. The van der Waals surface area contributed by atoms with Crippen LogP contribution >= 0.6 is 0 Å². The number of unbranched alkanes of at least 4 members (excludes halogenated alkanes) is 7. The highest BCUT2D eigenvalue weighted by Crippen LogP contribution is 2.19. The molecule has 1 aliphatic rings. The molecule has 1 heterocycles. The van der Waals surface area contributed by atoms with Crippen LogP contribution in [0.3, 0.4) is 0 Å². The second-order valence-corrected chi connectivity index (χ2v) is 6.80. The Balaban J connectivity index is 1.96. The minimum atomic E-state index is -0.487. The lowest BCUT2D eigenvalue weighted by Gasteiger charge is -2.22. The summed E-state index contributed by atoms with van der Waals surface area (Å²) in [5, 5.41) is 18.8. The number of Topliss-reactive ketones (excluding diaryl/α,β-unsaturated/α-hetero) is 1. The number of ketones is 1. The summed E-state index contributed by atoms with van der Waals surface area (Å²) < 4.78 is 0. The Kier molecular flexibility index (Phi) is 10.1. The Labute approximate surface area is 140 Å². The fourth-order valence-electron chi connectivity index (χ4n) is 3.22. The highest BCUT2D eigenvalue weighted by atomic mass is 16.3. The van der Waals surface area contributed by atoms with Gasteiger partial charge in [-0.2, -0.15) is 0 Å². The topological polar surface area (TPSA) is 77.8 Å². The van der Waals surface area contributed by atoms with Crippen molar-refractivity contribution >= 4 is 11.7 Å². The minimum Gasteiger partial charge on any atom is -0.394 e. The second kappa shape index (κ2) is 11.6. The van der Waals surface area contributed by atoms with Crippen molar-refractivity contribution in [1.29, 1.82) is 0 Å². The summed E-state index contributed by atoms with van der Waals surface area (Å²) in [7, 11) is 0. The number of hydrogen-bond acceptors (Lipinski definition) is 4. The zero-order valence-electron chi connectivity index (χ0n) is 14.5. The molecule has 1 rings (SSSR count). The van der Waals surface area contributed by atoms with Crippen molar-refractivity contribution < 1.29 is 19.8 Å². The number of aliphatic hydroxyl groups is 2. The van der Waals surface area contributed by atoms with E-state index < -0.39 is 6.10 Å². The first-order chi connectivity index (χ1) is 11.0. The van der Waals surface area contributed by atoms with Gasteiger partial charge in [-0.1, -0.05) is 38.5 Å². The number of nitrogens with zero attached hydrogens (tertiary/aromatic N) is 1. The molecule has 2 N–H and O–H groups in total. The van der Waals surface area contributed by atoms with Gasteiger partial charge in [0.15, 0.2) is 0 Å². The van der Waals surface area contributed by atoms with Crippen molar-refractivity contribution in [2.75, 3.05) is 13.2 Å². The van der Waals surface area contributed by atoms with Crippen LogP contribution in [0.1, 0.15) is 77.6 Å². The molecule has 0 aromatic rings. The fraction of sp³-hybridized carbons (Fsp3) is 0.889. The number of rotatable bonds is 12. The summed E-state index contributed by atoms with van der Waals surface area (Å²) in [6.45, 7) is 1.95. The molecule has 0 radical (unpaired) electrons. The molecule has 0 saturated carbocycles. The predicted octanol–water partition coefficient (Wildman–Crippen LogP) is 2.43. The number of β-amino-alcohol motifs (C(OH)–C–C–N with tert-alkyl or cyclic N) is 1. The average molecular weight is 327 g/mol. The Morgan fingerprint density at radius 1 is 0.957 bits per heavy atom. The molecule has 0 spiro atoms. The van der Waals surface area contributed by atoms with Crippen LogP contribution in [0, 0.1) is 0 Å². The van der Waals surface area contributed by atoms with Crippen LogP contribution in [-0.4, -0.2) is 52.1 Å². The molecular formula is C18H33NO4. The Bertz CT molecular complexity index is 359. The van der Waals surface area contributed by atoms with E-state index in [-0.39, 0.29) is 24.3 Å². The third-order valence-electron chi connectivity index (χ3n) is 4.59. The van der Waals surface area contributed by atoms with Crippen LogP contribution in [0.2, 0.25) is 0 Å². The van der Waals surface area contributed by atoms with Gasteiger partial charge in [-0.15, -0.1) is 0 Å². The molecule has 0 aromatic carbocycles. The summed E-state index contributed by atoms with van der Waals surface area (Å²) in [4.78, 5) is 24.5. The van der Waals surface area contributed by atoms with Crippen molar-refractivity contribution in [3.05, 3.63) is 0 Å². The number of hydrogen-bond donors (Lipinski definition) is 2. The van der Waals surface area contributed by atoms with Gasteiger partial charge in [0.2, 0.25) is 5.91 Å². The largest absolute Gasteiger partial charge is 0.394 e. The van der Waals surface area contributed by atoms with Crippen LogP contribution in [0.15, 0.2) is 0 Å². The maximum atomic E-state index is 12.1. The van der Waals surface area contributed by atoms with Crippen molar-refractivity contribution in [3.63, 3.8) is 0 Å². The van der Waals surface area contributed by atoms with Crippen molar-refractivity contribution in [1.82, 2.24) is 4.90 Å². The number of likely N-dealkylation sites (tertiary alicyclic amines) is 1. The molecule has 1 fully saturated rings. The maximum absolute atomic E-state index is 12.1. The zero-order valence-corrected chi connectivity index (χ0v) is 14.5. The van der Waals surface area contributed by atoms with Gasteiger partial charge in [0.05, 0.1) is 18.8 Å². The van der Waals surface area contributed by atoms with Gasteiger partial charge in [-0.05, 0) is 26.2 Å². The molecular weight excluding hydrogens is 294 g/mol. The third-order valence-corrected chi connectivity index (χ3v) is 4.59. The van der Waals surface area contributed by atoms with Gasteiger partial charge in [-0.3, -0.25) is 4.79 Å². The van der Waals surface area contributed by atoms with E-state index in [1.807, 2.05) is 0 Å². The van der Waals surface area contributed by atoms with Crippen LogP contribution in [-0.2, 0) is 9.59 Å². The summed E-state index contributed by atoms with van der Waals surface area (Å²) >= 11 is 0. The van der Waals surface area contributed by atoms with Crippen LogP contribution in [0.5, 0.6) is 0 Å². The van der Waals surface area contributed by atoms with Crippen molar-refractivity contribution in [2.24, 2.45) is 0 Å². The molecule has 1 amide bonds. The average Bonchev–Trinajstić information content (AvgIpc) is 2.89. The van der Waals surface area contributed by atoms with Crippen molar-refractivity contribution in [3.8, 4) is 0 Å². The van der Waals surface area contributed by atoms with Crippen LogP contribution in [0.25, 0.3) is 0 Å². The summed E-state index contributed by atoms with van der Waals surface area (Å²) in [6.07, 6.45) is 10.0. The van der Waals surface area contributed by atoms with E-state index in [2.05, 4.69) is 0 Å². The molecule has 1 aliphatic heterocycles. The molecule has 0 aromatic heterocycles. The smallest absolute Gasteiger partial charge is 0.222 e. The number of carbonyl (C=O) groups excluding carboxylic acids is 2. The quantitative estimate of drug-likeness (QED) is 0.540. The first kappa shape index (κ1) is 20.1. The van der Waals surface area contributed by atoms with Crippen LogP contribution in [0.4, 0.5) is 0 Å². The summed E-state index contributed by atoms with van der Waals surface area (Å²) in [6, 6.07) is -0.201. The predicted molar refractivity (Wildman–Crippen MR) is 90.1 cm³/mol. The second-order valence-electron chi connectivity index (χ2n) is 6.80. The Hall–Kier alpha value is -0.940. The summed E-state index contributed by atoms with van der Waals surface area (Å²) in [5.74, 6) is 0.341. The molecule has 134 valence electrons. The lowest BCUT2D eigenvalue weighted by molar-refractivity contribution is -0.133. The van der Waals surface area contributed by atoms with E-state index in [1.165, 1.54) is 19.3 Å². The number of carbonyl (C=O) groups is 2. The van der Waals surface area contributed by atoms with E-state index in [1.54, 1.807) is 11.8 Å². The maximum Gasteiger partial charge on any atom is 0.222 e. The van der Waals surface area contributed by atoms with Crippen molar-refractivity contribution in [2.45, 2.75) is 89.7 Å². The van der Waals surface area contributed by atoms with E-state index in [4.69, 9.17) is 0 Å². The molecule has 5 nitrogen and oxygen atoms in total. The Morgan fingerprint density at radius 2 is 1.48 bits per heavy atom. The molecule has 0 bridgehead atoms. The van der Waals surface area contributed by atoms with Gasteiger partial charge < -0.3 is 19.9 Å². The Morgan fingerprint density at radius 3 is 2.00 bits per heavy atom. The van der Waals surface area contributed by atoms with E-state index in [0.29, 0.717) is 25.8 Å². The number of amides is 1. The fourth-order valence-corrected chi connectivity index (χ4v) is 3.22. The SMILES string of the molecule is CC(=O)CCCCCCCCCCC(=O)N1C[C@H](O)C[C@H]1CO. The monoisotopic (exact) mass is 327 g/mol.